The van der Waals surface area contributed by atoms with Crippen LogP contribution in [0.5, 0.6) is 0 Å². The standard InChI is InChI=1S/C7H12O4/c1-5(8)7(2,10)4-6(9)11-3/h10H,4H2,1-3H3. The van der Waals surface area contributed by atoms with Crippen molar-refractivity contribution in [3.05, 3.63) is 0 Å². The first-order chi connectivity index (χ1) is 4.90. The molecule has 0 saturated carbocycles. The molecule has 0 aromatic heterocycles. The highest BCUT2D eigenvalue weighted by Gasteiger charge is 2.29. The Bertz CT molecular complexity index is 171. The van der Waals surface area contributed by atoms with Crippen LogP contribution in [0.3, 0.4) is 0 Å². The Morgan fingerprint density at radius 2 is 2.00 bits per heavy atom. The molecule has 0 aliphatic carbocycles. The summed E-state index contributed by atoms with van der Waals surface area (Å²) in [6.07, 6.45) is -0.293. The van der Waals surface area contributed by atoms with E-state index in [1.165, 1.54) is 21.0 Å². The van der Waals surface area contributed by atoms with Crippen LogP contribution in [0.1, 0.15) is 20.3 Å². The average Bonchev–Trinajstić information content (AvgIpc) is 1.86. The van der Waals surface area contributed by atoms with Crippen LogP contribution < -0.4 is 0 Å². The van der Waals surface area contributed by atoms with Crippen molar-refractivity contribution in [2.24, 2.45) is 0 Å². The van der Waals surface area contributed by atoms with Gasteiger partial charge in [0.25, 0.3) is 0 Å². The summed E-state index contributed by atoms with van der Waals surface area (Å²) in [6.45, 7) is 2.51. The fourth-order valence-corrected chi connectivity index (χ4v) is 0.478. The van der Waals surface area contributed by atoms with E-state index in [1.54, 1.807) is 0 Å². The van der Waals surface area contributed by atoms with Crippen molar-refractivity contribution in [2.45, 2.75) is 25.9 Å². The predicted octanol–water partition coefficient (Wildman–Crippen LogP) is -0.111. The van der Waals surface area contributed by atoms with Crippen LogP contribution >= 0.6 is 0 Å². The maximum Gasteiger partial charge on any atom is 0.308 e. The summed E-state index contributed by atoms with van der Waals surface area (Å²) in [4.78, 5) is 21.3. The van der Waals surface area contributed by atoms with Crippen molar-refractivity contribution < 1.29 is 19.4 Å². The molecule has 64 valence electrons. The molecular formula is C7H12O4. The lowest BCUT2D eigenvalue weighted by Crippen LogP contribution is -2.35. The molecule has 0 fully saturated rings. The molecule has 0 radical (unpaired) electrons. The molecule has 0 rings (SSSR count). The first-order valence-corrected chi connectivity index (χ1v) is 3.20. The highest BCUT2D eigenvalue weighted by molar-refractivity contribution is 5.88. The molecule has 1 N–H and O–H groups in total. The van der Waals surface area contributed by atoms with Crippen LogP contribution in [0.15, 0.2) is 0 Å². The second-order valence-electron chi connectivity index (χ2n) is 2.58. The zero-order chi connectivity index (χ0) is 9.07. The fraction of sp³-hybridized carbons (Fsp3) is 0.714. The largest absolute Gasteiger partial charge is 0.469 e. The van der Waals surface area contributed by atoms with Crippen LogP contribution in [0.4, 0.5) is 0 Å². The first kappa shape index (κ1) is 10.1. The van der Waals surface area contributed by atoms with Crippen molar-refractivity contribution in [2.75, 3.05) is 7.11 Å². The summed E-state index contributed by atoms with van der Waals surface area (Å²) in [5.74, 6) is -1.03. The van der Waals surface area contributed by atoms with Crippen LogP contribution in [0.2, 0.25) is 0 Å². The highest BCUT2D eigenvalue weighted by atomic mass is 16.5. The quantitative estimate of drug-likeness (QED) is 0.585. The van der Waals surface area contributed by atoms with Crippen LogP contribution in [0, 0.1) is 0 Å². The number of ketones is 1. The van der Waals surface area contributed by atoms with Crippen molar-refractivity contribution in [3.63, 3.8) is 0 Å². The number of carbonyl (C=O) groups is 2. The van der Waals surface area contributed by atoms with Gasteiger partial charge in [-0.2, -0.15) is 0 Å². The van der Waals surface area contributed by atoms with Gasteiger partial charge >= 0.3 is 5.97 Å². The van der Waals surface area contributed by atoms with E-state index in [2.05, 4.69) is 4.74 Å². The minimum atomic E-state index is -1.59. The third kappa shape index (κ3) is 3.13. The van der Waals surface area contributed by atoms with E-state index in [4.69, 9.17) is 0 Å². The fourth-order valence-electron chi connectivity index (χ4n) is 0.478. The van der Waals surface area contributed by atoms with Crippen LogP contribution in [-0.2, 0) is 14.3 Å². The Morgan fingerprint density at radius 3 is 2.27 bits per heavy atom. The summed E-state index contributed by atoms with van der Waals surface area (Å²) in [5, 5.41) is 9.24. The Hall–Kier alpha value is -0.900. The van der Waals surface area contributed by atoms with Gasteiger partial charge in [0.05, 0.1) is 13.5 Å². The first-order valence-electron chi connectivity index (χ1n) is 3.20. The Morgan fingerprint density at radius 1 is 1.55 bits per heavy atom. The molecule has 11 heavy (non-hydrogen) atoms. The lowest BCUT2D eigenvalue weighted by molar-refractivity contribution is -0.151. The van der Waals surface area contributed by atoms with Crippen molar-refractivity contribution in [3.8, 4) is 0 Å². The average molecular weight is 160 g/mol. The number of carbonyl (C=O) groups excluding carboxylic acids is 2. The molecule has 0 saturated heterocycles. The van der Waals surface area contributed by atoms with Gasteiger partial charge in [0.15, 0.2) is 5.78 Å². The van der Waals surface area contributed by atoms with Gasteiger partial charge in [0.2, 0.25) is 0 Å². The lowest BCUT2D eigenvalue weighted by Gasteiger charge is -2.17. The molecule has 0 spiro atoms. The third-order valence-corrected chi connectivity index (χ3v) is 1.47. The Labute approximate surface area is 65.2 Å². The molecule has 0 aliphatic rings. The smallest absolute Gasteiger partial charge is 0.308 e. The van der Waals surface area contributed by atoms with Crippen molar-refractivity contribution in [1.29, 1.82) is 0 Å². The second-order valence-corrected chi connectivity index (χ2v) is 2.58. The van der Waals surface area contributed by atoms with E-state index in [0.717, 1.165) is 0 Å². The maximum absolute atomic E-state index is 10.7. The number of methoxy groups -OCH3 is 1. The molecule has 0 aromatic carbocycles. The molecule has 1 unspecified atom stereocenters. The second kappa shape index (κ2) is 3.48. The van der Waals surface area contributed by atoms with Crippen LogP contribution in [0.25, 0.3) is 0 Å². The van der Waals surface area contributed by atoms with E-state index in [1.807, 2.05) is 0 Å². The minimum absolute atomic E-state index is 0.293. The van der Waals surface area contributed by atoms with Gasteiger partial charge in [-0.25, -0.2) is 0 Å². The molecule has 0 amide bonds. The molecule has 0 heterocycles. The number of Topliss-reactive ketones (excluding diaryl/α,β-unsaturated/α-hetero) is 1. The normalized spacial score (nSPS) is 15.3. The number of hydrogen-bond acceptors (Lipinski definition) is 4. The molecule has 4 nitrogen and oxygen atoms in total. The van der Waals surface area contributed by atoms with E-state index in [9.17, 15) is 14.7 Å². The van der Waals surface area contributed by atoms with Gasteiger partial charge in [0.1, 0.15) is 5.60 Å². The maximum atomic E-state index is 10.7. The van der Waals surface area contributed by atoms with Crippen molar-refractivity contribution in [1.82, 2.24) is 0 Å². The summed E-state index contributed by atoms with van der Waals surface area (Å²) >= 11 is 0. The molecular weight excluding hydrogens is 148 g/mol. The number of rotatable bonds is 3. The van der Waals surface area contributed by atoms with Crippen LogP contribution in [-0.4, -0.2) is 29.6 Å². The molecule has 1 atom stereocenters. The lowest BCUT2D eigenvalue weighted by atomic mass is 9.98. The zero-order valence-corrected chi connectivity index (χ0v) is 6.88. The number of ether oxygens (including phenoxy) is 1. The number of esters is 1. The molecule has 0 aromatic rings. The topological polar surface area (TPSA) is 63.6 Å². The summed E-state index contributed by atoms with van der Waals surface area (Å²) < 4.78 is 4.29. The summed E-state index contributed by atoms with van der Waals surface area (Å²) in [6, 6.07) is 0. The summed E-state index contributed by atoms with van der Waals surface area (Å²) in [5.41, 5.74) is -1.59. The Kier molecular flexibility index (Phi) is 3.19. The van der Waals surface area contributed by atoms with Gasteiger partial charge in [-0.1, -0.05) is 0 Å². The van der Waals surface area contributed by atoms with Gasteiger partial charge in [-0.05, 0) is 13.8 Å². The third-order valence-electron chi connectivity index (χ3n) is 1.47. The Balaban J connectivity index is 4.12. The monoisotopic (exact) mass is 160 g/mol. The predicted molar refractivity (Wildman–Crippen MR) is 37.9 cm³/mol. The molecule has 0 bridgehead atoms. The van der Waals surface area contributed by atoms with Gasteiger partial charge in [0, 0.05) is 0 Å². The van der Waals surface area contributed by atoms with E-state index < -0.39 is 17.4 Å². The summed E-state index contributed by atoms with van der Waals surface area (Å²) in [7, 11) is 1.21. The number of hydrogen-bond donors (Lipinski definition) is 1. The van der Waals surface area contributed by atoms with Crippen molar-refractivity contribution >= 4 is 11.8 Å². The molecule has 4 heteroatoms. The minimum Gasteiger partial charge on any atom is -0.469 e. The SMILES string of the molecule is COC(=O)CC(C)(O)C(C)=O. The van der Waals surface area contributed by atoms with E-state index in [0.29, 0.717) is 0 Å². The number of aliphatic hydroxyl groups is 1. The van der Waals surface area contributed by atoms with Gasteiger partial charge < -0.3 is 9.84 Å². The zero-order valence-electron chi connectivity index (χ0n) is 6.88. The molecule has 0 aliphatic heterocycles. The highest BCUT2D eigenvalue weighted by Crippen LogP contribution is 2.10. The van der Waals surface area contributed by atoms with E-state index in [-0.39, 0.29) is 6.42 Å². The van der Waals surface area contributed by atoms with E-state index >= 15 is 0 Å². The van der Waals surface area contributed by atoms with Gasteiger partial charge in [-0.3, -0.25) is 9.59 Å². The van der Waals surface area contributed by atoms with Gasteiger partial charge in [-0.15, -0.1) is 0 Å².